The Bertz CT molecular complexity index is 498. The van der Waals surface area contributed by atoms with E-state index in [1.54, 1.807) is 4.90 Å². The van der Waals surface area contributed by atoms with Crippen LogP contribution in [0.15, 0.2) is 30.3 Å². The summed E-state index contributed by atoms with van der Waals surface area (Å²) in [6.07, 6.45) is 3.64. The molecule has 0 radical (unpaired) electrons. The number of rotatable bonds is 6. The number of nitrogens with zero attached hydrogens (tertiary/aromatic N) is 1. The zero-order chi connectivity index (χ0) is 15.3. The van der Waals surface area contributed by atoms with Crippen LogP contribution in [0.25, 0.3) is 0 Å². The van der Waals surface area contributed by atoms with Gasteiger partial charge in [0.1, 0.15) is 0 Å². The van der Waals surface area contributed by atoms with Crippen molar-refractivity contribution in [3.8, 4) is 0 Å². The average molecular weight is 290 g/mol. The van der Waals surface area contributed by atoms with Gasteiger partial charge in [-0.2, -0.15) is 0 Å². The monoisotopic (exact) mass is 290 g/mol. The van der Waals surface area contributed by atoms with Crippen LogP contribution in [0.3, 0.4) is 0 Å². The fraction of sp³-hybridized carbons (Fsp3) is 0.500. The summed E-state index contributed by atoms with van der Waals surface area (Å²) in [6, 6.07) is 9.22. The van der Waals surface area contributed by atoms with Crippen molar-refractivity contribution in [1.29, 1.82) is 0 Å². The number of carboxylic acids is 1. The van der Waals surface area contributed by atoms with Crippen molar-refractivity contribution < 1.29 is 14.7 Å². The molecular formula is C16H22N2O3. The average Bonchev–Trinajstić information content (AvgIpc) is 2.42. The molecule has 0 aromatic heterocycles. The van der Waals surface area contributed by atoms with Gasteiger partial charge in [0, 0.05) is 24.2 Å². The van der Waals surface area contributed by atoms with Gasteiger partial charge in [-0.15, -0.1) is 0 Å². The Hall–Kier alpha value is -2.04. The predicted octanol–water partition coefficient (Wildman–Crippen LogP) is 3.01. The molecule has 0 saturated heterocycles. The number of hydrogen-bond donors (Lipinski definition) is 2. The Kier molecular flexibility index (Phi) is 4.83. The van der Waals surface area contributed by atoms with Gasteiger partial charge in [0.05, 0.1) is 0 Å². The second-order valence-electron chi connectivity index (χ2n) is 5.83. The molecule has 1 fully saturated rings. The molecule has 1 aliphatic carbocycles. The molecule has 2 amide bonds. The first-order valence-electron chi connectivity index (χ1n) is 7.37. The zero-order valence-electron chi connectivity index (χ0n) is 12.3. The van der Waals surface area contributed by atoms with Crippen LogP contribution in [0.1, 0.15) is 39.0 Å². The summed E-state index contributed by atoms with van der Waals surface area (Å²) >= 11 is 0. The summed E-state index contributed by atoms with van der Waals surface area (Å²) in [7, 11) is 0. The van der Waals surface area contributed by atoms with Gasteiger partial charge in [0.15, 0.2) is 0 Å². The van der Waals surface area contributed by atoms with Gasteiger partial charge in [-0.1, -0.05) is 18.2 Å². The zero-order valence-corrected chi connectivity index (χ0v) is 12.3. The molecule has 0 atom stereocenters. The molecule has 1 saturated carbocycles. The second kappa shape index (κ2) is 6.61. The number of nitrogens with one attached hydrogen (secondary N) is 1. The summed E-state index contributed by atoms with van der Waals surface area (Å²) in [5, 5.41) is 11.8. The van der Waals surface area contributed by atoms with Crippen molar-refractivity contribution in [3.63, 3.8) is 0 Å². The lowest BCUT2D eigenvalue weighted by Gasteiger charge is -2.40. The largest absolute Gasteiger partial charge is 0.481 e. The highest BCUT2D eigenvalue weighted by atomic mass is 16.4. The molecule has 2 N–H and O–H groups in total. The Morgan fingerprint density at radius 3 is 2.48 bits per heavy atom. The molecule has 1 aromatic carbocycles. The Morgan fingerprint density at radius 2 is 1.95 bits per heavy atom. The van der Waals surface area contributed by atoms with Crippen molar-refractivity contribution in [2.24, 2.45) is 0 Å². The van der Waals surface area contributed by atoms with E-state index in [2.05, 4.69) is 12.2 Å². The quantitative estimate of drug-likeness (QED) is 0.846. The molecule has 0 spiro atoms. The van der Waals surface area contributed by atoms with Crippen LogP contribution in [0.2, 0.25) is 0 Å². The predicted molar refractivity (Wildman–Crippen MR) is 81.4 cm³/mol. The molecule has 0 heterocycles. The van der Waals surface area contributed by atoms with Gasteiger partial charge in [-0.3, -0.25) is 9.69 Å². The molecule has 21 heavy (non-hydrogen) atoms. The van der Waals surface area contributed by atoms with E-state index < -0.39 is 5.97 Å². The van der Waals surface area contributed by atoms with E-state index in [9.17, 15) is 9.59 Å². The first-order chi connectivity index (χ1) is 10.0. The molecular weight excluding hydrogens is 268 g/mol. The molecule has 0 bridgehead atoms. The highest BCUT2D eigenvalue weighted by Crippen LogP contribution is 2.31. The van der Waals surface area contributed by atoms with Gasteiger partial charge in [0.25, 0.3) is 0 Å². The molecule has 0 aliphatic heterocycles. The standard InChI is InChI=1S/C16H22N2O3/c1-16(10-6-11-16)17-15(21)18(12-5-9-14(19)20)13-7-3-2-4-8-13/h2-4,7-8H,5-6,9-12H2,1H3,(H,17,21)(H,19,20). The second-order valence-corrected chi connectivity index (χ2v) is 5.83. The fourth-order valence-electron chi connectivity index (χ4n) is 2.50. The molecule has 5 heteroatoms. The van der Waals surface area contributed by atoms with Gasteiger partial charge in [-0.25, -0.2) is 4.79 Å². The van der Waals surface area contributed by atoms with Crippen molar-refractivity contribution >= 4 is 17.7 Å². The molecule has 1 aromatic rings. The fourth-order valence-corrected chi connectivity index (χ4v) is 2.50. The van der Waals surface area contributed by atoms with Crippen LogP contribution < -0.4 is 10.2 Å². The van der Waals surface area contributed by atoms with E-state index >= 15 is 0 Å². The van der Waals surface area contributed by atoms with E-state index in [1.165, 1.54) is 0 Å². The van der Waals surface area contributed by atoms with Crippen molar-refractivity contribution in [2.75, 3.05) is 11.4 Å². The molecule has 2 rings (SSSR count). The topological polar surface area (TPSA) is 69.6 Å². The van der Waals surface area contributed by atoms with Crippen molar-refractivity contribution in [1.82, 2.24) is 5.32 Å². The minimum atomic E-state index is -0.839. The van der Waals surface area contributed by atoms with Crippen LogP contribution in [0.4, 0.5) is 10.5 Å². The van der Waals surface area contributed by atoms with Crippen molar-refractivity contribution in [3.05, 3.63) is 30.3 Å². The number of urea groups is 1. The van der Waals surface area contributed by atoms with E-state index in [1.807, 2.05) is 30.3 Å². The lowest BCUT2D eigenvalue weighted by atomic mass is 9.79. The summed E-state index contributed by atoms with van der Waals surface area (Å²) in [5.74, 6) is -0.839. The Labute approximate surface area is 125 Å². The number of hydrogen-bond acceptors (Lipinski definition) is 2. The molecule has 5 nitrogen and oxygen atoms in total. The number of carbonyl (C=O) groups excluding carboxylic acids is 1. The highest BCUT2D eigenvalue weighted by Gasteiger charge is 2.34. The van der Waals surface area contributed by atoms with Crippen LogP contribution in [0.5, 0.6) is 0 Å². The number of amides is 2. The summed E-state index contributed by atoms with van der Waals surface area (Å²) in [6.45, 7) is 2.45. The third-order valence-corrected chi connectivity index (χ3v) is 3.95. The lowest BCUT2D eigenvalue weighted by molar-refractivity contribution is -0.137. The molecule has 114 valence electrons. The smallest absolute Gasteiger partial charge is 0.322 e. The SMILES string of the molecule is CC1(NC(=O)N(CCCC(=O)O)c2ccccc2)CCC1. The summed E-state index contributed by atoms with van der Waals surface area (Å²) in [5.41, 5.74) is 0.681. The minimum absolute atomic E-state index is 0.0634. The van der Waals surface area contributed by atoms with Gasteiger partial charge in [0.2, 0.25) is 0 Å². The normalized spacial score (nSPS) is 15.9. The molecule has 1 aliphatic rings. The van der Waals surface area contributed by atoms with E-state index in [0.29, 0.717) is 13.0 Å². The highest BCUT2D eigenvalue weighted by molar-refractivity contribution is 5.92. The minimum Gasteiger partial charge on any atom is -0.481 e. The van der Waals surface area contributed by atoms with Crippen LogP contribution >= 0.6 is 0 Å². The third kappa shape index (κ3) is 4.21. The Balaban J connectivity index is 2.03. The summed E-state index contributed by atoms with van der Waals surface area (Å²) < 4.78 is 0. The number of anilines is 1. The first-order valence-corrected chi connectivity index (χ1v) is 7.37. The van der Waals surface area contributed by atoms with Gasteiger partial charge < -0.3 is 10.4 Å². The number of carboxylic acid groups (broad SMARTS) is 1. The number of aliphatic carboxylic acids is 1. The van der Waals surface area contributed by atoms with E-state index in [-0.39, 0.29) is 18.0 Å². The van der Waals surface area contributed by atoms with Gasteiger partial charge >= 0.3 is 12.0 Å². The third-order valence-electron chi connectivity index (χ3n) is 3.95. The maximum Gasteiger partial charge on any atom is 0.322 e. The van der Waals surface area contributed by atoms with Crippen LogP contribution in [-0.2, 0) is 4.79 Å². The maximum absolute atomic E-state index is 12.5. The van der Waals surface area contributed by atoms with Crippen molar-refractivity contribution in [2.45, 2.75) is 44.6 Å². The Morgan fingerprint density at radius 1 is 1.29 bits per heavy atom. The number of para-hydroxylation sites is 1. The first kappa shape index (κ1) is 15.4. The van der Waals surface area contributed by atoms with Gasteiger partial charge in [-0.05, 0) is 44.7 Å². The maximum atomic E-state index is 12.5. The number of benzene rings is 1. The van der Waals surface area contributed by atoms with E-state index in [4.69, 9.17) is 5.11 Å². The number of carbonyl (C=O) groups is 2. The van der Waals surface area contributed by atoms with E-state index in [0.717, 1.165) is 24.9 Å². The van der Waals surface area contributed by atoms with Crippen LogP contribution in [-0.4, -0.2) is 29.2 Å². The summed E-state index contributed by atoms with van der Waals surface area (Å²) in [4.78, 5) is 24.8. The molecule has 0 unspecified atom stereocenters. The lowest BCUT2D eigenvalue weighted by Crippen LogP contribution is -2.55. The van der Waals surface area contributed by atoms with Crippen LogP contribution in [0, 0.1) is 0 Å².